The van der Waals surface area contributed by atoms with Crippen molar-refractivity contribution in [3.8, 4) is 0 Å². The Morgan fingerprint density at radius 3 is 2.95 bits per heavy atom. The monoisotopic (exact) mass is 326 g/mol. The van der Waals surface area contributed by atoms with Gasteiger partial charge in [-0.2, -0.15) is 0 Å². The molecule has 0 aromatic heterocycles. The Balaban J connectivity index is 1.77. The average Bonchev–Trinajstić information content (AvgIpc) is 2.39. The van der Waals surface area contributed by atoms with Gasteiger partial charge in [-0.15, -0.1) is 0 Å². The summed E-state index contributed by atoms with van der Waals surface area (Å²) in [7, 11) is 0. The quantitative estimate of drug-likeness (QED) is 0.894. The highest BCUT2D eigenvalue weighted by Gasteiger charge is 2.20. The van der Waals surface area contributed by atoms with E-state index in [1.807, 2.05) is 24.3 Å². The summed E-state index contributed by atoms with van der Waals surface area (Å²) < 4.78 is 6.48. The second-order valence-corrected chi connectivity index (χ2v) is 5.74. The molecule has 104 valence electrons. The van der Waals surface area contributed by atoms with Gasteiger partial charge >= 0.3 is 0 Å². The molecule has 1 aromatic rings. The van der Waals surface area contributed by atoms with E-state index in [0.29, 0.717) is 0 Å². The van der Waals surface area contributed by atoms with Crippen LogP contribution >= 0.6 is 15.9 Å². The van der Waals surface area contributed by atoms with Gasteiger partial charge in [0.25, 0.3) is 0 Å². The second kappa shape index (κ2) is 7.03. The summed E-state index contributed by atoms with van der Waals surface area (Å²) in [5.41, 5.74) is 6.65. The van der Waals surface area contributed by atoms with Gasteiger partial charge in [0.1, 0.15) is 6.61 Å². The van der Waals surface area contributed by atoms with E-state index in [-0.39, 0.29) is 24.7 Å². The molecule has 1 fully saturated rings. The third kappa shape index (κ3) is 4.60. The van der Waals surface area contributed by atoms with Crippen LogP contribution in [0, 0.1) is 0 Å². The fourth-order valence-corrected chi connectivity index (χ4v) is 2.66. The minimum absolute atomic E-state index is 0.0821. The molecule has 0 radical (unpaired) electrons. The van der Waals surface area contributed by atoms with Crippen molar-refractivity contribution in [3.05, 3.63) is 28.7 Å². The largest absolute Gasteiger partial charge is 0.368 e. The van der Waals surface area contributed by atoms with Crippen LogP contribution < -0.4 is 11.1 Å². The third-order valence-electron chi connectivity index (χ3n) is 3.26. The predicted octanol–water partition coefficient (Wildman–Crippen LogP) is 2.67. The van der Waals surface area contributed by atoms with E-state index in [4.69, 9.17) is 10.5 Å². The van der Waals surface area contributed by atoms with E-state index < -0.39 is 0 Å². The lowest BCUT2D eigenvalue weighted by atomic mass is 9.94. The Morgan fingerprint density at radius 1 is 1.42 bits per heavy atom. The number of carbonyl (C=O) groups excluding carboxylic acids is 1. The lowest BCUT2D eigenvalue weighted by Gasteiger charge is -2.26. The van der Waals surface area contributed by atoms with Gasteiger partial charge in [-0.25, -0.2) is 0 Å². The molecule has 1 aliphatic rings. The van der Waals surface area contributed by atoms with Gasteiger partial charge < -0.3 is 15.8 Å². The van der Waals surface area contributed by atoms with Crippen LogP contribution in [-0.2, 0) is 9.53 Å². The van der Waals surface area contributed by atoms with Crippen molar-refractivity contribution >= 4 is 27.5 Å². The van der Waals surface area contributed by atoms with Crippen molar-refractivity contribution in [2.45, 2.75) is 37.8 Å². The zero-order valence-electron chi connectivity index (χ0n) is 10.8. The lowest BCUT2D eigenvalue weighted by Crippen LogP contribution is -2.33. The maximum atomic E-state index is 11.8. The summed E-state index contributed by atoms with van der Waals surface area (Å²) in [5, 5.41) is 2.82. The molecule has 3 N–H and O–H groups in total. The van der Waals surface area contributed by atoms with Gasteiger partial charge in [-0.3, -0.25) is 4.79 Å². The smallest absolute Gasteiger partial charge is 0.250 e. The van der Waals surface area contributed by atoms with Crippen molar-refractivity contribution in [1.82, 2.24) is 0 Å². The molecule has 1 saturated carbocycles. The highest BCUT2D eigenvalue weighted by molar-refractivity contribution is 9.10. The van der Waals surface area contributed by atoms with E-state index in [9.17, 15) is 4.79 Å². The highest BCUT2D eigenvalue weighted by atomic mass is 79.9. The fraction of sp³-hybridized carbons (Fsp3) is 0.500. The molecule has 1 aliphatic carbocycles. The van der Waals surface area contributed by atoms with Crippen molar-refractivity contribution in [2.24, 2.45) is 5.73 Å². The first kappa shape index (κ1) is 14.5. The average molecular weight is 327 g/mol. The maximum Gasteiger partial charge on any atom is 0.250 e. The van der Waals surface area contributed by atoms with Crippen molar-refractivity contribution < 1.29 is 9.53 Å². The topological polar surface area (TPSA) is 64.3 Å². The van der Waals surface area contributed by atoms with Gasteiger partial charge in [0.2, 0.25) is 5.91 Å². The molecule has 0 aliphatic heterocycles. The predicted molar refractivity (Wildman–Crippen MR) is 79.0 cm³/mol. The SMILES string of the molecule is NC1CCCC(OCC(=O)Nc2ccccc2Br)C1. The number of nitrogens with one attached hydrogen (secondary N) is 1. The molecule has 19 heavy (non-hydrogen) atoms. The van der Waals surface area contributed by atoms with Gasteiger partial charge in [-0.05, 0) is 53.7 Å². The molecular formula is C14H19BrN2O2. The molecule has 0 heterocycles. The van der Waals surface area contributed by atoms with E-state index in [1.54, 1.807) is 0 Å². The molecule has 4 nitrogen and oxygen atoms in total. The Labute approximate surface area is 121 Å². The number of hydrogen-bond donors (Lipinski definition) is 2. The zero-order chi connectivity index (χ0) is 13.7. The minimum Gasteiger partial charge on any atom is -0.368 e. The molecule has 0 bridgehead atoms. The highest BCUT2D eigenvalue weighted by Crippen LogP contribution is 2.22. The van der Waals surface area contributed by atoms with Crippen LogP contribution in [0.15, 0.2) is 28.7 Å². The van der Waals surface area contributed by atoms with Crippen LogP contribution in [0.4, 0.5) is 5.69 Å². The number of hydrogen-bond acceptors (Lipinski definition) is 3. The van der Waals surface area contributed by atoms with Crippen LogP contribution in [0.5, 0.6) is 0 Å². The number of ether oxygens (including phenoxy) is 1. The molecule has 0 saturated heterocycles. The van der Waals surface area contributed by atoms with Crippen molar-refractivity contribution in [2.75, 3.05) is 11.9 Å². The van der Waals surface area contributed by atoms with E-state index in [1.165, 1.54) is 0 Å². The molecular weight excluding hydrogens is 308 g/mol. The van der Waals surface area contributed by atoms with Gasteiger partial charge in [-0.1, -0.05) is 12.1 Å². The summed E-state index contributed by atoms with van der Waals surface area (Å²) in [6, 6.07) is 7.72. The summed E-state index contributed by atoms with van der Waals surface area (Å²) >= 11 is 3.39. The van der Waals surface area contributed by atoms with Crippen LogP contribution in [0.2, 0.25) is 0 Å². The number of amides is 1. The molecule has 2 atom stereocenters. The van der Waals surface area contributed by atoms with Crippen LogP contribution in [-0.4, -0.2) is 24.7 Å². The summed E-state index contributed by atoms with van der Waals surface area (Å²) in [6.07, 6.45) is 4.10. The minimum atomic E-state index is -0.133. The number of para-hydroxylation sites is 1. The Kier molecular flexibility index (Phi) is 5.36. The summed E-state index contributed by atoms with van der Waals surface area (Å²) in [5.74, 6) is -0.133. The first-order valence-corrected chi connectivity index (χ1v) is 7.36. The van der Waals surface area contributed by atoms with E-state index in [2.05, 4.69) is 21.2 Å². The molecule has 2 unspecified atom stereocenters. The third-order valence-corrected chi connectivity index (χ3v) is 3.96. The molecule has 2 rings (SSSR count). The summed E-state index contributed by atoms with van der Waals surface area (Å²) in [4.78, 5) is 11.8. The van der Waals surface area contributed by atoms with Crippen LogP contribution in [0.3, 0.4) is 0 Å². The second-order valence-electron chi connectivity index (χ2n) is 4.89. The van der Waals surface area contributed by atoms with Crippen LogP contribution in [0.25, 0.3) is 0 Å². The number of benzene rings is 1. The first-order valence-electron chi connectivity index (χ1n) is 6.56. The van der Waals surface area contributed by atoms with Gasteiger partial charge in [0.15, 0.2) is 0 Å². The summed E-state index contributed by atoms with van der Waals surface area (Å²) in [6.45, 7) is 0.0821. The number of anilines is 1. The lowest BCUT2D eigenvalue weighted by molar-refractivity contribution is -0.123. The molecule has 0 spiro atoms. The van der Waals surface area contributed by atoms with Gasteiger partial charge in [0, 0.05) is 10.5 Å². The van der Waals surface area contributed by atoms with Crippen LogP contribution in [0.1, 0.15) is 25.7 Å². The molecule has 5 heteroatoms. The number of nitrogens with two attached hydrogens (primary N) is 1. The van der Waals surface area contributed by atoms with E-state index in [0.717, 1.165) is 35.8 Å². The number of carbonyl (C=O) groups is 1. The Morgan fingerprint density at radius 2 is 2.21 bits per heavy atom. The number of rotatable bonds is 4. The standard InChI is InChI=1S/C14H19BrN2O2/c15-12-6-1-2-7-13(12)17-14(18)9-19-11-5-3-4-10(16)8-11/h1-2,6-7,10-11H,3-5,8-9,16H2,(H,17,18). The fourth-order valence-electron chi connectivity index (χ4n) is 2.27. The van der Waals surface area contributed by atoms with E-state index >= 15 is 0 Å². The number of halogens is 1. The molecule has 1 amide bonds. The molecule has 1 aromatic carbocycles. The Hall–Kier alpha value is -0.910. The van der Waals surface area contributed by atoms with Crippen molar-refractivity contribution in [3.63, 3.8) is 0 Å². The Bertz CT molecular complexity index is 439. The normalized spacial score (nSPS) is 23.1. The maximum absolute atomic E-state index is 11.8. The van der Waals surface area contributed by atoms with Crippen molar-refractivity contribution in [1.29, 1.82) is 0 Å². The first-order chi connectivity index (χ1) is 9.15. The van der Waals surface area contributed by atoms with Gasteiger partial charge in [0.05, 0.1) is 11.8 Å². The zero-order valence-corrected chi connectivity index (χ0v) is 12.4.